The van der Waals surface area contributed by atoms with Crippen molar-refractivity contribution in [1.82, 2.24) is 0 Å². The van der Waals surface area contributed by atoms with E-state index in [1.807, 2.05) is 0 Å². The Morgan fingerprint density at radius 2 is 1.83 bits per heavy atom. The molecular formula is C20H14BrF3N2O4. The number of hydrogen-bond donors (Lipinski definition) is 2. The van der Waals surface area contributed by atoms with Crippen LogP contribution in [0.5, 0.6) is 5.75 Å². The van der Waals surface area contributed by atoms with Gasteiger partial charge in [-0.25, -0.2) is 0 Å². The van der Waals surface area contributed by atoms with Crippen LogP contribution in [0.2, 0.25) is 0 Å². The first-order valence-electron chi connectivity index (χ1n) is 8.47. The Kier molecular flexibility index (Phi) is 6.46. The molecule has 0 bridgehead atoms. The van der Waals surface area contributed by atoms with Gasteiger partial charge in [0.25, 0.3) is 11.8 Å². The zero-order valence-corrected chi connectivity index (χ0v) is 16.7. The van der Waals surface area contributed by atoms with E-state index in [1.165, 1.54) is 24.5 Å². The van der Waals surface area contributed by atoms with Crippen molar-refractivity contribution in [2.45, 2.75) is 6.18 Å². The Morgan fingerprint density at radius 3 is 2.50 bits per heavy atom. The molecule has 0 fully saturated rings. The van der Waals surface area contributed by atoms with E-state index in [2.05, 4.69) is 26.6 Å². The van der Waals surface area contributed by atoms with Crippen LogP contribution in [0.4, 0.5) is 24.5 Å². The van der Waals surface area contributed by atoms with E-state index in [0.717, 1.165) is 16.6 Å². The van der Waals surface area contributed by atoms with Crippen molar-refractivity contribution in [1.29, 1.82) is 0 Å². The summed E-state index contributed by atoms with van der Waals surface area (Å²) in [6.45, 7) is -0.481. The van der Waals surface area contributed by atoms with E-state index in [0.29, 0.717) is 5.75 Å². The second-order valence-corrected chi connectivity index (χ2v) is 6.90. The van der Waals surface area contributed by atoms with Crippen molar-refractivity contribution in [3.8, 4) is 5.75 Å². The predicted molar refractivity (Wildman–Crippen MR) is 106 cm³/mol. The van der Waals surface area contributed by atoms with Crippen LogP contribution in [0.25, 0.3) is 0 Å². The number of carbonyl (C=O) groups excluding carboxylic acids is 2. The van der Waals surface area contributed by atoms with Crippen LogP contribution >= 0.6 is 15.9 Å². The third-order valence-corrected chi connectivity index (χ3v) is 4.26. The first-order valence-corrected chi connectivity index (χ1v) is 9.26. The van der Waals surface area contributed by atoms with Crippen LogP contribution in [-0.2, 0) is 11.0 Å². The number of rotatable bonds is 6. The zero-order chi connectivity index (χ0) is 21.7. The van der Waals surface area contributed by atoms with E-state index in [9.17, 15) is 22.8 Å². The summed E-state index contributed by atoms with van der Waals surface area (Å²) in [6, 6.07) is 12.5. The van der Waals surface area contributed by atoms with Gasteiger partial charge in [-0.3, -0.25) is 9.59 Å². The fourth-order valence-corrected chi connectivity index (χ4v) is 2.84. The monoisotopic (exact) mass is 482 g/mol. The molecule has 0 unspecified atom stereocenters. The largest absolute Gasteiger partial charge is 0.484 e. The van der Waals surface area contributed by atoms with E-state index >= 15 is 0 Å². The van der Waals surface area contributed by atoms with E-state index < -0.39 is 35.8 Å². The summed E-state index contributed by atoms with van der Waals surface area (Å²) in [7, 11) is 0. The Bertz CT molecular complexity index is 1050. The number of benzene rings is 2. The van der Waals surface area contributed by atoms with Gasteiger partial charge in [-0.15, -0.1) is 0 Å². The van der Waals surface area contributed by atoms with Crippen LogP contribution in [0.15, 0.2) is 69.8 Å². The lowest BCUT2D eigenvalue weighted by Gasteiger charge is -2.16. The van der Waals surface area contributed by atoms with Gasteiger partial charge in [-0.1, -0.05) is 22.0 Å². The fourth-order valence-electron chi connectivity index (χ4n) is 2.46. The number of halogens is 4. The summed E-state index contributed by atoms with van der Waals surface area (Å²) >= 11 is 3.25. The predicted octanol–water partition coefficient (Wildman–Crippen LogP) is 5.33. The molecule has 2 N–H and O–H groups in total. The lowest BCUT2D eigenvalue weighted by Crippen LogP contribution is -2.22. The molecule has 0 saturated heterocycles. The standard InChI is InChI=1S/C20H14BrF3N2O4/c21-12-3-1-4-14(9-12)30-11-18(27)26-16-7-6-13(10-15(16)20(22,23)24)25-19(28)17-5-2-8-29-17/h1-10H,11H2,(H,25,28)(H,26,27). The van der Waals surface area contributed by atoms with Gasteiger partial charge in [0.15, 0.2) is 12.4 Å². The molecule has 0 atom stereocenters. The smallest absolute Gasteiger partial charge is 0.418 e. The third-order valence-electron chi connectivity index (χ3n) is 3.77. The SMILES string of the molecule is O=C(COc1cccc(Br)c1)Nc1ccc(NC(=O)c2ccco2)cc1C(F)(F)F. The van der Waals surface area contributed by atoms with Gasteiger partial charge in [-0.05, 0) is 48.5 Å². The van der Waals surface area contributed by atoms with Crippen molar-refractivity contribution in [3.63, 3.8) is 0 Å². The molecule has 0 radical (unpaired) electrons. The molecular weight excluding hydrogens is 469 g/mol. The summed E-state index contributed by atoms with van der Waals surface area (Å²) in [6.07, 6.45) is -3.50. The number of amides is 2. The van der Waals surface area contributed by atoms with Crippen LogP contribution < -0.4 is 15.4 Å². The first kappa shape index (κ1) is 21.4. The van der Waals surface area contributed by atoms with Gasteiger partial charge in [0.2, 0.25) is 0 Å². The summed E-state index contributed by atoms with van der Waals surface area (Å²) in [4.78, 5) is 24.0. The maximum atomic E-state index is 13.5. The molecule has 0 aliphatic carbocycles. The molecule has 2 amide bonds. The van der Waals surface area contributed by atoms with E-state index in [1.54, 1.807) is 24.3 Å². The molecule has 30 heavy (non-hydrogen) atoms. The highest BCUT2D eigenvalue weighted by atomic mass is 79.9. The van der Waals surface area contributed by atoms with Crippen molar-refractivity contribution in [2.24, 2.45) is 0 Å². The summed E-state index contributed by atoms with van der Waals surface area (Å²) in [5.41, 5.74) is -1.68. The van der Waals surface area contributed by atoms with Crippen LogP contribution in [0.1, 0.15) is 16.1 Å². The number of ether oxygens (including phenoxy) is 1. The molecule has 0 spiro atoms. The summed E-state index contributed by atoms with van der Waals surface area (Å²) in [5, 5.41) is 4.50. The van der Waals surface area contributed by atoms with E-state index in [4.69, 9.17) is 9.15 Å². The molecule has 0 aliphatic rings. The maximum Gasteiger partial charge on any atom is 0.418 e. The quantitative estimate of drug-likeness (QED) is 0.497. The minimum absolute atomic E-state index is 0.0503. The zero-order valence-electron chi connectivity index (χ0n) is 15.1. The van der Waals surface area contributed by atoms with Gasteiger partial charge < -0.3 is 19.8 Å². The average Bonchev–Trinajstić information content (AvgIpc) is 3.22. The highest BCUT2D eigenvalue weighted by molar-refractivity contribution is 9.10. The van der Waals surface area contributed by atoms with Crippen LogP contribution in [0, 0.1) is 0 Å². The lowest BCUT2D eigenvalue weighted by atomic mass is 10.1. The highest BCUT2D eigenvalue weighted by Gasteiger charge is 2.34. The Hall–Kier alpha value is -3.27. The first-order chi connectivity index (χ1) is 14.2. The maximum absolute atomic E-state index is 13.5. The molecule has 2 aromatic carbocycles. The molecule has 1 aromatic heterocycles. The second-order valence-electron chi connectivity index (χ2n) is 5.98. The average molecular weight is 483 g/mol. The molecule has 10 heteroatoms. The minimum Gasteiger partial charge on any atom is -0.484 e. The third kappa shape index (κ3) is 5.63. The number of hydrogen-bond acceptors (Lipinski definition) is 4. The van der Waals surface area contributed by atoms with Crippen molar-refractivity contribution >= 4 is 39.1 Å². The fraction of sp³-hybridized carbons (Fsp3) is 0.100. The Labute approximate surface area is 177 Å². The molecule has 1 heterocycles. The van der Waals surface area contributed by atoms with Crippen molar-refractivity contribution < 1.29 is 31.9 Å². The molecule has 6 nitrogen and oxygen atoms in total. The highest BCUT2D eigenvalue weighted by Crippen LogP contribution is 2.36. The van der Waals surface area contributed by atoms with Gasteiger partial charge in [0, 0.05) is 10.2 Å². The van der Waals surface area contributed by atoms with Crippen LogP contribution in [0.3, 0.4) is 0 Å². The van der Waals surface area contributed by atoms with E-state index in [-0.39, 0.29) is 11.4 Å². The van der Waals surface area contributed by atoms with Crippen molar-refractivity contribution in [3.05, 3.63) is 76.7 Å². The molecule has 0 saturated carbocycles. The normalized spacial score (nSPS) is 11.1. The van der Waals surface area contributed by atoms with Gasteiger partial charge >= 0.3 is 6.18 Å². The molecule has 3 aromatic rings. The molecule has 0 aliphatic heterocycles. The minimum atomic E-state index is -4.76. The summed E-state index contributed by atoms with van der Waals surface area (Å²) in [5.74, 6) is -1.14. The number of nitrogens with one attached hydrogen (secondary N) is 2. The van der Waals surface area contributed by atoms with Gasteiger partial charge in [-0.2, -0.15) is 13.2 Å². The number of alkyl halides is 3. The van der Waals surface area contributed by atoms with Crippen LogP contribution in [-0.4, -0.2) is 18.4 Å². The number of carbonyl (C=O) groups is 2. The molecule has 3 rings (SSSR count). The Morgan fingerprint density at radius 1 is 1.03 bits per heavy atom. The van der Waals surface area contributed by atoms with Gasteiger partial charge in [0.05, 0.1) is 17.5 Å². The Balaban J connectivity index is 1.72. The topological polar surface area (TPSA) is 80.6 Å². The second kappa shape index (κ2) is 9.04. The lowest BCUT2D eigenvalue weighted by molar-refractivity contribution is -0.137. The number of furan rings is 1. The van der Waals surface area contributed by atoms with Gasteiger partial charge in [0.1, 0.15) is 5.75 Å². The number of anilines is 2. The molecule has 156 valence electrons. The van der Waals surface area contributed by atoms with Crippen molar-refractivity contribution in [2.75, 3.05) is 17.2 Å². The summed E-state index contributed by atoms with van der Waals surface area (Å²) < 4.78 is 51.3.